The van der Waals surface area contributed by atoms with Crippen LogP contribution in [0.1, 0.15) is 32.4 Å². The Kier molecular flexibility index (Phi) is 5.45. The number of nitrogens with two attached hydrogens (primary N) is 1. The highest BCUT2D eigenvalue weighted by atomic mass is 16.5. The number of likely N-dealkylation sites (N-methyl/N-ethyl adjacent to an activating group) is 1. The van der Waals surface area contributed by atoms with Crippen molar-refractivity contribution >= 4 is 5.69 Å². The topological polar surface area (TPSA) is 38.5 Å². The summed E-state index contributed by atoms with van der Waals surface area (Å²) in [7, 11) is 2.07. The molecule has 0 saturated heterocycles. The van der Waals surface area contributed by atoms with Gasteiger partial charge in [-0.05, 0) is 38.5 Å². The molecule has 0 aliphatic rings. The van der Waals surface area contributed by atoms with Crippen molar-refractivity contribution in [2.45, 2.75) is 32.9 Å². The second-order valence-electron chi connectivity index (χ2n) is 4.72. The average molecular weight is 236 g/mol. The van der Waals surface area contributed by atoms with E-state index in [2.05, 4.69) is 50.1 Å². The van der Waals surface area contributed by atoms with E-state index in [0.717, 1.165) is 13.2 Å². The van der Waals surface area contributed by atoms with Gasteiger partial charge in [-0.3, -0.25) is 0 Å². The SMILES string of the molecule is CC(C)OCCN(C)c1ccc([C@@H](C)N)cc1. The standard InChI is InChI=1S/C14H24N2O/c1-11(2)17-10-9-16(4)14-7-5-13(6-8-14)12(3)15/h5-8,11-12H,9-10,15H2,1-4H3/t12-/m1/s1. The average Bonchev–Trinajstić information content (AvgIpc) is 2.28. The molecule has 3 heteroatoms. The van der Waals surface area contributed by atoms with Crippen LogP contribution in [0.3, 0.4) is 0 Å². The van der Waals surface area contributed by atoms with Gasteiger partial charge >= 0.3 is 0 Å². The molecule has 0 amide bonds. The Balaban J connectivity index is 2.48. The van der Waals surface area contributed by atoms with Crippen LogP contribution in [-0.4, -0.2) is 26.3 Å². The molecule has 3 nitrogen and oxygen atoms in total. The van der Waals surface area contributed by atoms with Gasteiger partial charge in [0, 0.05) is 25.3 Å². The van der Waals surface area contributed by atoms with Gasteiger partial charge in [0.15, 0.2) is 0 Å². The Bertz CT molecular complexity index is 319. The molecule has 0 saturated carbocycles. The molecule has 0 radical (unpaired) electrons. The highest BCUT2D eigenvalue weighted by Crippen LogP contribution is 2.16. The van der Waals surface area contributed by atoms with Gasteiger partial charge in [-0.25, -0.2) is 0 Å². The lowest BCUT2D eigenvalue weighted by atomic mass is 10.1. The quantitative estimate of drug-likeness (QED) is 0.825. The summed E-state index contributed by atoms with van der Waals surface area (Å²) in [6.07, 6.45) is 0.295. The normalized spacial score (nSPS) is 12.8. The van der Waals surface area contributed by atoms with E-state index in [1.165, 1.54) is 11.3 Å². The molecule has 0 spiro atoms. The van der Waals surface area contributed by atoms with Crippen LogP contribution < -0.4 is 10.6 Å². The minimum absolute atomic E-state index is 0.0960. The first-order valence-corrected chi connectivity index (χ1v) is 6.19. The van der Waals surface area contributed by atoms with Gasteiger partial charge in [-0.2, -0.15) is 0 Å². The van der Waals surface area contributed by atoms with Crippen molar-refractivity contribution in [2.24, 2.45) is 5.73 Å². The van der Waals surface area contributed by atoms with E-state index in [-0.39, 0.29) is 6.04 Å². The van der Waals surface area contributed by atoms with Crippen molar-refractivity contribution in [3.05, 3.63) is 29.8 Å². The van der Waals surface area contributed by atoms with Crippen LogP contribution in [0, 0.1) is 0 Å². The summed E-state index contributed by atoms with van der Waals surface area (Å²) in [6.45, 7) is 7.75. The first kappa shape index (κ1) is 14.0. The fourth-order valence-electron chi connectivity index (χ4n) is 1.59. The fraction of sp³-hybridized carbons (Fsp3) is 0.571. The number of hydrogen-bond acceptors (Lipinski definition) is 3. The van der Waals surface area contributed by atoms with E-state index in [1.54, 1.807) is 0 Å². The lowest BCUT2D eigenvalue weighted by Gasteiger charge is -2.20. The molecule has 0 unspecified atom stereocenters. The monoisotopic (exact) mass is 236 g/mol. The molecule has 96 valence electrons. The van der Waals surface area contributed by atoms with Crippen LogP contribution in [0.5, 0.6) is 0 Å². The summed E-state index contributed by atoms with van der Waals surface area (Å²) in [6, 6.07) is 8.47. The molecular formula is C14H24N2O. The highest BCUT2D eigenvalue weighted by Gasteiger charge is 2.03. The maximum Gasteiger partial charge on any atom is 0.0644 e. The Hall–Kier alpha value is -1.06. The molecule has 0 fully saturated rings. The third-order valence-electron chi connectivity index (χ3n) is 2.74. The molecule has 1 aromatic carbocycles. The van der Waals surface area contributed by atoms with Crippen LogP contribution in [0.4, 0.5) is 5.69 Å². The van der Waals surface area contributed by atoms with E-state index < -0.39 is 0 Å². The van der Waals surface area contributed by atoms with E-state index >= 15 is 0 Å². The zero-order chi connectivity index (χ0) is 12.8. The van der Waals surface area contributed by atoms with Crippen LogP contribution in [-0.2, 0) is 4.74 Å². The summed E-state index contributed by atoms with van der Waals surface area (Å²) in [5.41, 5.74) is 8.18. The van der Waals surface area contributed by atoms with Gasteiger partial charge < -0.3 is 15.4 Å². The number of rotatable bonds is 6. The summed E-state index contributed by atoms with van der Waals surface area (Å²) < 4.78 is 5.53. The largest absolute Gasteiger partial charge is 0.377 e. The molecule has 0 aliphatic heterocycles. The molecule has 1 rings (SSSR count). The molecule has 0 aromatic heterocycles. The molecule has 0 aliphatic carbocycles. The second kappa shape index (κ2) is 6.62. The first-order chi connectivity index (χ1) is 8.00. The van der Waals surface area contributed by atoms with Gasteiger partial charge in [0.25, 0.3) is 0 Å². The van der Waals surface area contributed by atoms with Gasteiger partial charge in [-0.15, -0.1) is 0 Å². The number of anilines is 1. The predicted molar refractivity (Wildman–Crippen MR) is 73.4 cm³/mol. The second-order valence-corrected chi connectivity index (χ2v) is 4.72. The smallest absolute Gasteiger partial charge is 0.0644 e. The summed E-state index contributed by atoms with van der Waals surface area (Å²) in [4.78, 5) is 2.19. The maximum atomic E-state index is 5.82. The van der Waals surface area contributed by atoms with E-state index in [0.29, 0.717) is 6.10 Å². The number of ether oxygens (including phenoxy) is 1. The summed E-state index contributed by atoms with van der Waals surface area (Å²) in [5.74, 6) is 0. The van der Waals surface area contributed by atoms with Gasteiger partial charge in [0.2, 0.25) is 0 Å². The Labute approximate surface area is 105 Å². The maximum absolute atomic E-state index is 5.82. The summed E-state index contributed by atoms with van der Waals surface area (Å²) >= 11 is 0. The third kappa shape index (κ3) is 4.75. The molecule has 17 heavy (non-hydrogen) atoms. The van der Waals surface area contributed by atoms with E-state index in [9.17, 15) is 0 Å². The number of nitrogens with zero attached hydrogens (tertiary/aromatic N) is 1. The Morgan fingerprint density at radius 2 is 1.76 bits per heavy atom. The van der Waals surface area contributed by atoms with Gasteiger partial charge in [0.05, 0.1) is 12.7 Å². The van der Waals surface area contributed by atoms with Crippen LogP contribution in [0.25, 0.3) is 0 Å². The predicted octanol–water partition coefficient (Wildman–Crippen LogP) is 2.57. The molecular weight excluding hydrogens is 212 g/mol. The minimum Gasteiger partial charge on any atom is -0.377 e. The Morgan fingerprint density at radius 3 is 2.24 bits per heavy atom. The zero-order valence-electron chi connectivity index (χ0n) is 11.3. The molecule has 2 N–H and O–H groups in total. The third-order valence-corrected chi connectivity index (χ3v) is 2.74. The molecule has 0 bridgehead atoms. The van der Waals surface area contributed by atoms with E-state index in [4.69, 9.17) is 10.5 Å². The van der Waals surface area contributed by atoms with Crippen molar-refractivity contribution in [2.75, 3.05) is 25.1 Å². The summed E-state index contributed by atoms with van der Waals surface area (Å²) in [5, 5.41) is 0. The number of benzene rings is 1. The first-order valence-electron chi connectivity index (χ1n) is 6.19. The van der Waals surface area contributed by atoms with Crippen molar-refractivity contribution in [1.82, 2.24) is 0 Å². The van der Waals surface area contributed by atoms with Crippen LogP contribution in [0.15, 0.2) is 24.3 Å². The molecule has 1 aromatic rings. The lowest BCUT2D eigenvalue weighted by Crippen LogP contribution is -2.23. The lowest BCUT2D eigenvalue weighted by molar-refractivity contribution is 0.0846. The van der Waals surface area contributed by atoms with Crippen molar-refractivity contribution < 1.29 is 4.74 Å². The molecule has 1 atom stereocenters. The number of hydrogen-bond donors (Lipinski definition) is 1. The van der Waals surface area contributed by atoms with Crippen molar-refractivity contribution in [1.29, 1.82) is 0 Å². The molecule has 0 heterocycles. The van der Waals surface area contributed by atoms with Gasteiger partial charge in [-0.1, -0.05) is 12.1 Å². The highest BCUT2D eigenvalue weighted by molar-refractivity contribution is 5.47. The van der Waals surface area contributed by atoms with Crippen LogP contribution in [0.2, 0.25) is 0 Å². The fourth-order valence-corrected chi connectivity index (χ4v) is 1.59. The van der Waals surface area contributed by atoms with Crippen molar-refractivity contribution in [3.63, 3.8) is 0 Å². The van der Waals surface area contributed by atoms with Crippen molar-refractivity contribution in [3.8, 4) is 0 Å². The Morgan fingerprint density at radius 1 is 1.18 bits per heavy atom. The van der Waals surface area contributed by atoms with Crippen LogP contribution >= 0.6 is 0 Å². The van der Waals surface area contributed by atoms with Gasteiger partial charge in [0.1, 0.15) is 0 Å². The van der Waals surface area contributed by atoms with E-state index in [1.807, 2.05) is 6.92 Å². The minimum atomic E-state index is 0.0960. The zero-order valence-corrected chi connectivity index (χ0v) is 11.3.